The molecule has 1 aromatic rings. The van der Waals surface area contributed by atoms with E-state index in [2.05, 4.69) is 21.9 Å². The van der Waals surface area contributed by atoms with E-state index < -0.39 is 35.5 Å². The molecule has 0 aliphatic rings. The van der Waals surface area contributed by atoms with E-state index >= 15 is 0 Å². The number of aliphatic hydroxyl groups is 1. The average Bonchev–Trinajstić information content (AvgIpc) is 2.56. The third-order valence-corrected chi connectivity index (χ3v) is 3.22. The van der Waals surface area contributed by atoms with Gasteiger partial charge in [-0.25, -0.2) is 9.18 Å². The van der Waals surface area contributed by atoms with Crippen LogP contribution in [0.4, 0.5) is 4.39 Å². The highest BCUT2D eigenvalue weighted by Gasteiger charge is 2.25. The number of aliphatic hydroxyl groups excluding tert-OH is 1. The average molecular weight is 362 g/mol. The van der Waals surface area contributed by atoms with Gasteiger partial charge in [0.15, 0.2) is 4.84 Å². The van der Waals surface area contributed by atoms with Crippen molar-refractivity contribution in [1.29, 1.82) is 0 Å². The molecule has 2 N–H and O–H groups in total. The molecular weight excluding hydrogens is 348 g/mol. The molecule has 0 heterocycles. The Labute approximate surface area is 142 Å². The lowest BCUT2D eigenvalue weighted by atomic mass is 10.0. The van der Waals surface area contributed by atoms with Crippen molar-refractivity contribution in [2.24, 2.45) is 0 Å². The van der Waals surface area contributed by atoms with Gasteiger partial charge in [0.2, 0.25) is 0 Å². The largest absolute Gasteiger partial charge is 0.459 e. The van der Waals surface area contributed by atoms with Crippen molar-refractivity contribution in [3.05, 3.63) is 35.4 Å². The maximum atomic E-state index is 13.0. The first kappa shape index (κ1) is 19.2. The number of carbonyl (C=O) groups is 2. The van der Waals surface area contributed by atoms with Gasteiger partial charge >= 0.3 is 5.97 Å². The van der Waals surface area contributed by atoms with Gasteiger partial charge in [-0.05, 0) is 17.7 Å². The quantitative estimate of drug-likeness (QED) is 0.473. The van der Waals surface area contributed by atoms with E-state index in [1.807, 2.05) is 0 Å². The van der Waals surface area contributed by atoms with E-state index in [1.54, 1.807) is 0 Å². The predicted molar refractivity (Wildman–Crippen MR) is 83.7 cm³/mol. The number of halogens is 3. The predicted octanol–water partition coefficient (Wildman–Crippen LogP) is 1.50. The molecule has 0 fully saturated rings. The van der Waals surface area contributed by atoms with Crippen molar-refractivity contribution in [1.82, 2.24) is 5.32 Å². The van der Waals surface area contributed by atoms with Crippen LogP contribution in [-0.2, 0) is 14.3 Å². The zero-order valence-electron chi connectivity index (χ0n) is 12.1. The van der Waals surface area contributed by atoms with Gasteiger partial charge in [0.1, 0.15) is 12.8 Å². The molecule has 0 aliphatic heterocycles. The van der Waals surface area contributed by atoms with Crippen LogP contribution in [-0.4, -0.2) is 41.6 Å². The van der Waals surface area contributed by atoms with Crippen LogP contribution in [0, 0.1) is 11.8 Å². The summed E-state index contributed by atoms with van der Waals surface area (Å²) in [4.78, 5) is 20.9. The molecule has 0 aliphatic carbocycles. The van der Waals surface area contributed by atoms with Crippen molar-refractivity contribution in [2.45, 2.75) is 17.0 Å². The Morgan fingerprint density at radius 3 is 2.43 bits per heavy atom. The number of ether oxygens (including phenoxy) is 1. The van der Waals surface area contributed by atoms with Crippen LogP contribution in [0.25, 0.3) is 0 Å². The number of hydrogen-bond acceptors (Lipinski definition) is 4. The summed E-state index contributed by atoms with van der Waals surface area (Å²) < 4.78 is 17.4. The molecule has 8 heteroatoms. The Morgan fingerprint density at radius 1 is 1.35 bits per heavy atom. The minimum atomic E-state index is -1.35. The summed E-state index contributed by atoms with van der Waals surface area (Å²) in [5.41, 5.74) is 0.867. The fourth-order valence-corrected chi connectivity index (χ4v) is 1.74. The Bertz CT molecular complexity index is 610. The molecule has 23 heavy (non-hydrogen) atoms. The molecule has 124 valence electrons. The van der Waals surface area contributed by atoms with Crippen LogP contribution >= 0.6 is 23.2 Å². The Hall–Kier alpha value is -1.81. The lowest BCUT2D eigenvalue weighted by Crippen LogP contribution is -2.43. The highest BCUT2D eigenvalue weighted by atomic mass is 35.5. The number of nitrogens with one attached hydrogen (secondary N) is 1. The number of hydrogen-bond donors (Lipinski definition) is 2. The number of methoxy groups -OCH3 is 1. The van der Waals surface area contributed by atoms with Gasteiger partial charge in [-0.3, -0.25) is 4.79 Å². The minimum Gasteiger partial charge on any atom is -0.459 e. The van der Waals surface area contributed by atoms with Crippen LogP contribution in [0.3, 0.4) is 0 Å². The summed E-state index contributed by atoms with van der Waals surface area (Å²) in [6.07, 6.45) is -1.29. The molecule has 2 atom stereocenters. The molecule has 0 spiro atoms. The molecule has 1 rings (SSSR count). The van der Waals surface area contributed by atoms with Crippen LogP contribution in [0.1, 0.15) is 17.2 Å². The first-order valence-electron chi connectivity index (χ1n) is 6.41. The highest BCUT2D eigenvalue weighted by Crippen LogP contribution is 2.18. The third kappa shape index (κ3) is 6.06. The van der Waals surface area contributed by atoms with Gasteiger partial charge < -0.3 is 15.2 Å². The van der Waals surface area contributed by atoms with Crippen molar-refractivity contribution in [2.75, 3.05) is 13.8 Å². The van der Waals surface area contributed by atoms with Crippen LogP contribution in [0.2, 0.25) is 0 Å². The van der Waals surface area contributed by atoms with Gasteiger partial charge in [0, 0.05) is 11.5 Å². The van der Waals surface area contributed by atoms with E-state index in [9.17, 15) is 19.1 Å². The van der Waals surface area contributed by atoms with Crippen molar-refractivity contribution < 1.29 is 23.8 Å². The van der Waals surface area contributed by atoms with Gasteiger partial charge in [-0.1, -0.05) is 41.3 Å². The van der Waals surface area contributed by atoms with E-state index in [-0.39, 0.29) is 0 Å². The number of alkyl halides is 3. The number of amides is 1. The van der Waals surface area contributed by atoms with Gasteiger partial charge in [0.05, 0.1) is 13.2 Å². The summed E-state index contributed by atoms with van der Waals surface area (Å²) in [5, 5.41) is 12.3. The number of benzene rings is 1. The normalized spacial score (nSPS) is 12.8. The van der Waals surface area contributed by atoms with Crippen molar-refractivity contribution in [3.63, 3.8) is 0 Å². The lowest BCUT2D eigenvalue weighted by Gasteiger charge is -2.22. The number of rotatable bonds is 5. The SMILES string of the molecule is COC(=O)C#Cc1ccc(C(O)C(CF)NC(=O)C(Cl)Cl)cc1. The van der Waals surface area contributed by atoms with Gasteiger partial charge in [0.25, 0.3) is 5.91 Å². The smallest absolute Gasteiger partial charge is 0.384 e. The van der Waals surface area contributed by atoms with Crippen LogP contribution in [0.15, 0.2) is 24.3 Å². The maximum Gasteiger partial charge on any atom is 0.384 e. The summed E-state index contributed by atoms with van der Waals surface area (Å²) in [5.74, 6) is 3.35. The fourth-order valence-electron chi connectivity index (χ4n) is 1.62. The summed E-state index contributed by atoms with van der Waals surface area (Å²) in [6.45, 7) is -1.00. The standard InChI is InChI=1S/C15H14Cl2FNO4/c1-23-12(20)7-4-9-2-5-10(6-3-9)13(21)11(8-18)19-15(22)14(16)17/h2-3,5-6,11,13-14,21H,8H2,1H3,(H,19,22). The first-order chi connectivity index (χ1) is 10.9. The number of esters is 1. The second-order valence-electron chi connectivity index (χ2n) is 4.38. The van der Waals surface area contributed by atoms with E-state index in [0.717, 1.165) is 0 Å². The first-order valence-corrected chi connectivity index (χ1v) is 7.28. The molecule has 5 nitrogen and oxygen atoms in total. The van der Waals surface area contributed by atoms with Crippen LogP contribution < -0.4 is 5.32 Å². The zero-order chi connectivity index (χ0) is 17.4. The molecule has 0 saturated heterocycles. The zero-order valence-corrected chi connectivity index (χ0v) is 13.6. The van der Waals surface area contributed by atoms with E-state index in [0.29, 0.717) is 11.1 Å². The monoisotopic (exact) mass is 361 g/mol. The molecule has 1 aromatic carbocycles. The summed E-state index contributed by atoms with van der Waals surface area (Å²) in [6, 6.07) is 4.89. The molecule has 0 aromatic heterocycles. The minimum absolute atomic E-state index is 0.359. The molecule has 2 unspecified atom stereocenters. The van der Waals surface area contributed by atoms with E-state index in [1.165, 1.54) is 31.4 Å². The fraction of sp³-hybridized carbons (Fsp3) is 0.333. The number of carbonyl (C=O) groups excluding carboxylic acids is 2. The van der Waals surface area contributed by atoms with Crippen molar-refractivity contribution in [3.8, 4) is 11.8 Å². The Morgan fingerprint density at radius 2 is 1.96 bits per heavy atom. The molecule has 0 radical (unpaired) electrons. The highest BCUT2D eigenvalue weighted by molar-refractivity contribution is 6.53. The summed E-state index contributed by atoms with van der Waals surface area (Å²) in [7, 11) is 1.22. The molecule has 0 saturated carbocycles. The lowest BCUT2D eigenvalue weighted by molar-refractivity contribution is -0.133. The maximum absolute atomic E-state index is 13.0. The Kier molecular flexibility index (Phi) is 7.83. The van der Waals surface area contributed by atoms with Gasteiger partial charge in [-0.2, -0.15) is 0 Å². The Balaban J connectivity index is 2.82. The second kappa shape index (κ2) is 9.36. The molecule has 0 bridgehead atoms. The third-order valence-electron chi connectivity index (χ3n) is 2.82. The summed E-state index contributed by atoms with van der Waals surface area (Å²) >= 11 is 10.7. The van der Waals surface area contributed by atoms with Crippen LogP contribution in [0.5, 0.6) is 0 Å². The molecule has 1 amide bonds. The van der Waals surface area contributed by atoms with Crippen molar-refractivity contribution >= 4 is 35.1 Å². The molecular formula is C15H14Cl2FNO4. The second-order valence-corrected chi connectivity index (χ2v) is 5.47. The van der Waals surface area contributed by atoms with E-state index in [4.69, 9.17) is 23.2 Å². The topological polar surface area (TPSA) is 75.6 Å². The van der Waals surface area contributed by atoms with Gasteiger partial charge in [-0.15, -0.1) is 0 Å².